The van der Waals surface area contributed by atoms with Gasteiger partial charge in [0, 0.05) is 33.3 Å². The van der Waals surface area contributed by atoms with Gasteiger partial charge in [-0.3, -0.25) is 4.90 Å². The summed E-state index contributed by atoms with van der Waals surface area (Å²) in [6, 6.07) is 45.6. The van der Waals surface area contributed by atoms with E-state index < -0.39 is 0 Å². The van der Waals surface area contributed by atoms with Gasteiger partial charge in [0.2, 0.25) is 17.2 Å². The maximum atomic E-state index is 6.85. The number of benzene rings is 5. The van der Waals surface area contributed by atoms with Gasteiger partial charge < -0.3 is 4.74 Å². The Bertz CT molecular complexity index is 2420. The molecule has 0 amide bonds. The molecule has 9 rings (SSSR count). The second kappa shape index (κ2) is 10.9. The molecule has 0 atom stereocenters. The number of rotatable bonds is 4. The second-order valence-electron chi connectivity index (χ2n) is 11.6. The molecule has 0 N–H and O–H groups in total. The fourth-order valence-electron chi connectivity index (χ4n) is 6.47. The zero-order valence-electron chi connectivity index (χ0n) is 25.8. The van der Waals surface area contributed by atoms with E-state index in [1.807, 2.05) is 78.9 Å². The number of pyridine rings is 1. The smallest absolute Gasteiger partial charge is 0.239 e. The maximum absolute atomic E-state index is 6.85. The van der Waals surface area contributed by atoms with Crippen molar-refractivity contribution < 1.29 is 9.30 Å². The van der Waals surface area contributed by atoms with Gasteiger partial charge in [0.15, 0.2) is 23.1 Å². The van der Waals surface area contributed by atoms with Gasteiger partial charge in [-0.2, -0.15) is 14.5 Å². The van der Waals surface area contributed by atoms with Gasteiger partial charge in [0.05, 0.1) is 16.6 Å². The average Bonchev–Trinajstić information content (AvgIpc) is 3.49. The van der Waals surface area contributed by atoms with Crippen molar-refractivity contribution in [2.45, 2.75) is 6.92 Å². The van der Waals surface area contributed by atoms with Gasteiger partial charge in [-0.15, -0.1) is 11.3 Å². The number of para-hydroxylation sites is 3. The molecule has 5 aromatic carbocycles. The minimum Gasteiger partial charge on any atom is -0.451 e. The molecule has 0 radical (unpaired) electrons. The normalized spacial score (nSPS) is 12.2. The van der Waals surface area contributed by atoms with Crippen LogP contribution in [0.15, 0.2) is 133 Å². The molecule has 6 nitrogen and oxygen atoms in total. The van der Waals surface area contributed by atoms with Gasteiger partial charge >= 0.3 is 0 Å². The Hall–Kier alpha value is -5.92. The van der Waals surface area contributed by atoms with Crippen LogP contribution in [0.25, 0.3) is 55.0 Å². The lowest BCUT2D eigenvalue weighted by Crippen LogP contribution is -2.32. The zero-order valence-corrected chi connectivity index (χ0v) is 26.6. The summed E-state index contributed by atoms with van der Waals surface area (Å²) in [4.78, 5) is 17.3. The molecule has 0 unspecified atom stereocenters. The predicted octanol–water partition coefficient (Wildman–Crippen LogP) is 9.95. The topological polar surface area (TPSA) is 55.0 Å². The van der Waals surface area contributed by atoms with Crippen molar-refractivity contribution >= 4 is 49.0 Å². The third kappa shape index (κ3) is 4.47. The van der Waals surface area contributed by atoms with E-state index in [-0.39, 0.29) is 0 Å². The van der Waals surface area contributed by atoms with Crippen molar-refractivity contribution in [3.05, 3.63) is 139 Å². The molecule has 0 saturated heterocycles. The van der Waals surface area contributed by atoms with Crippen LogP contribution in [-0.2, 0) is 7.05 Å². The quantitative estimate of drug-likeness (QED) is 0.182. The van der Waals surface area contributed by atoms with Crippen molar-refractivity contribution in [3.63, 3.8) is 0 Å². The maximum Gasteiger partial charge on any atom is 0.239 e. The van der Waals surface area contributed by atoms with Crippen molar-refractivity contribution in [1.82, 2.24) is 15.0 Å². The summed E-state index contributed by atoms with van der Waals surface area (Å²) in [6.45, 7) is 2.17. The molecule has 1 aliphatic heterocycles. The Morgan fingerprint density at radius 2 is 1.32 bits per heavy atom. The molecule has 0 aliphatic carbocycles. The van der Waals surface area contributed by atoms with E-state index in [4.69, 9.17) is 19.7 Å². The summed E-state index contributed by atoms with van der Waals surface area (Å²) in [5.74, 6) is 3.31. The van der Waals surface area contributed by atoms with Crippen molar-refractivity contribution in [2.24, 2.45) is 7.05 Å². The standard InChI is InChI=1S/C40H28N5OS/c1-25-21-24-33-35(34(25)31-23-22-26-13-9-10-18-29(26)44(31)2)36-39(47-33)45(30-19-11-12-20-32(30)46-36)40-42-37(27-14-5-3-6-15-27)41-38(43-40)28-16-7-4-8-17-28/h3-24H,1-2H3/q+1. The molecule has 3 aromatic heterocycles. The largest absolute Gasteiger partial charge is 0.451 e. The Morgan fingerprint density at radius 3 is 2.06 bits per heavy atom. The molecule has 0 fully saturated rings. The van der Waals surface area contributed by atoms with Crippen LogP contribution in [0.2, 0.25) is 0 Å². The average molecular weight is 627 g/mol. The number of hydrogen-bond donors (Lipinski definition) is 0. The van der Waals surface area contributed by atoms with Gasteiger partial charge in [-0.25, -0.2) is 4.98 Å². The number of anilines is 3. The van der Waals surface area contributed by atoms with Gasteiger partial charge in [0.25, 0.3) is 0 Å². The van der Waals surface area contributed by atoms with Crippen LogP contribution < -0.4 is 14.2 Å². The highest BCUT2D eigenvalue weighted by atomic mass is 32.1. The fraction of sp³-hybridized carbons (Fsp3) is 0.0500. The first-order valence-corrected chi connectivity index (χ1v) is 16.3. The Morgan fingerprint density at radius 1 is 0.660 bits per heavy atom. The van der Waals surface area contributed by atoms with Gasteiger partial charge in [-0.05, 0) is 42.8 Å². The Kier molecular flexibility index (Phi) is 6.33. The van der Waals surface area contributed by atoms with E-state index in [0.717, 1.165) is 54.7 Å². The minimum atomic E-state index is 0.538. The first-order valence-electron chi connectivity index (χ1n) is 15.5. The molecule has 7 heteroatoms. The molecule has 8 aromatic rings. The molecule has 0 saturated carbocycles. The second-order valence-corrected chi connectivity index (χ2v) is 12.7. The first-order chi connectivity index (χ1) is 23.1. The fourth-order valence-corrected chi connectivity index (χ4v) is 7.62. The van der Waals surface area contributed by atoms with Crippen LogP contribution >= 0.6 is 11.3 Å². The highest BCUT2D eigenvalue weighted by Crippen LogP contribution is 2.58. The summed E-state index contributed by atoms with van der Waals surface area (Å²) in [5.41, 5.74) is 7.35. The molecular formula is C40H28N5OS+. The van der Waals surface area contributed by atoms with Crippen LogP contribution in [0, 0.1) is 6.92 Å². The number of nitrogens with zero attached hydrogens (tertiary/aromatic N) is 5. The van der Waals surface area contributed by atoms with E-state index in [9.17, 15) is 0 Å². The molecule has 224 valence electrons. The minimum absolute atomic E-state index is 0.538. The van der Waals surface area contributed by atoms with E-state index in [0.29, 0.717) is 17.6 Å². The van der Waals surface area contributed by atoms with Gasteiger partial charge in [0.1, 0.15) is 12.0 Å². The van der Waals surface area contributed by atoms with Crippen LogP contribution in [0.3, 0.4) is 0 Å². The van der Waals surface area contributed by atoms with Crippen molar-refractivity contribution in [1.29, 1.82) is 0 Å². The lowest BCUT2D eigenvalue weighted by atomic mass is 9.99. The lowest BCUT2D eigenvalue weighted by molar-refractivity contribution is -0.633. The summed E-state index contributed by atoms with van der Waals surface area (Å²) in [7, 11) is 2.14. The highest BCUT2D eigenvalue weighted by molar-refractivity contribution is 7.23. The number of ether oxygens (including phenoxy) is 1. The lowest BCUT2D eigenvalue weighted by Gasteiger charge is -2.29. The summed E-state index contributed by atoms with van der Waals surface area (Å²) in [5, 5.41) is 3.21. The first kappa shape index (κ1) is 27.4. The highest BCUT2D eigenvalue weighted by Gasteiger charge is 2.34. The van der Waals surface area contributed by atoms with Crippen LogP contribution in [-0.4, -0.2) is 15.0 Å². The number of aromatic nitrogens is 4. The Balaban J connectivity index is 1.32. The number of aryl methyl sites for hydroxylation is 2. The number of hydrogen-bond acceptors (Lipinski definition) is 6. The van der Waals surface area contributed by atoms with Crippen molar-refractivity contribution in [2.75, 3.05) is 4.90 Å². The summed E-state index contributed by atoms with van der Waals surface area (Å²) in [6.07, 6.45) is 0. The summed E-state index contributed by atoms with van der Waals surface area (Å²) >= 11 is 1.69. The molecule has 0 spiro atoms. The van der Waals surface area contributed by atoms with Gasteiger partial charge in [-0.1, -0.05) is 91.0 Å². The van der Waals surface area contributed by atoms with E-state index in [2.05, 4.69) is 78.0 Å². The van der Waals surface area contributed by atoms with Crippen LogP contribution in [0.4, 0.5) is 16.6 Å². The summed E-state index contributed by atoms with van der Waals surface area (Å²) < 4.78 is 10.2. The van der Waals surface area contributed by atoms with E-state index in [1.165, 1.54) is 16.5 Å². The SMILES string of the molecule is Cc1ccc2sc3c(c2c1-c1ccc2ccccc2[n+]1C)Oc1ccccc1N3c1nc(-c2ccccc2)nc(-c2ccccc2)n1. The number of thiophene rings is 1. The number of fused-ring (bicyclic) bond motifs is 5. The van der Waals surface area contributed by atoms with Crippen LogP contribution in [0.5, 0.6) is 11.5 Å². The molecule has 0 bridgehead atoms. The predicted molar refractivity (Wildman–Crippen MR) is 190 cm³/mol. The third-order valence-electron chi connectivity index (χ3n) is 8.75. The molecule has 4 heterocycles. The van der Waals surface area contributed by atoms with Crippen molar-refractivity contribution in [3.8, 4) is 45.5 Å². The molecular weight excluding hydrogens is 599 g/mol. The molecule has 1 aliphatic rings. The van der Waals surface area contributed by atoms with E-state index >= 15 is 0 Å². The molecule has 47 heavy (non-hydrogen) atoms. The zero-order chi connectivity index (χ0) is 31.5. The van der Waals surface area contributed by atoms with Crippen LogP contribution in [0.1, 0.15) is 5.56 Å². The Labute approximate surface area is 275 Å². The monoisotopic (exact) mass is 626 g/mol. The van der Waals surface area contributed by atoms with E-state index in [1.54, 1.807) is 11.3 Å². The third-order valence-corrected chi connectivity index (χ3v) is 9.87.